The van der Waals surface area contributed by atoms with Crippen LogP contribution in [0, 0.1) is 5.92 Å². The average Bonchev–Trinajstić information content (AvgIpc) is 2.49. The van der Waals surface area contributed by atoms with Gasteiger partial charge in [-0.3, -0.25) is 15.1 Å². The Morgan fingerprint density at radius 1 is 1.35 bits per heavy atom. The highest BCUT2D eigenvalue weighted by atomic mass is 16.2. The fourth-order valence-corrected chi connectivity index (χ4v) is 2.67. The second kappa shape index (κ2) is 6.86. The maximum atomic E-state index is 11.5. The van der Waals surface area contributed by atoms with E-state index in [4.69, 9.17) is 5.84 Å². The molecule has 1 aromatic carbocycles. The number of nitrogens with two attached hydrogens (primary N) is 1. The van der Waals surface area contributed by atoms with Crippen molar-refractivity contribution in [2.45, 2.75) is 39.2 Å². The summed E-state index contributed by atoms with van der Waals surface area (Å²) < 4.78 is 0. The van der Waals surface area contributed by atoms with Crippen molar-refractivity contribution in [3.63, 3.8) is 0 Å². The predicted molar refractivity (Wildman–Crippen MR) is 80.9 cm³/mol. The van der Waals surface area contributed by atoms with E-state index in [0.717, 1.165) is 18.0 Å². The molecule has 2 rings (SSSR count). The Morgan fingerprint density at radius 2 is 1.95 bits per heavy atom. The van der Waals surface area contributed by atoms with Gasteiger partial charge in [-0.25, -0.2) is 5.84 Å². The molecule has 1 atom stereocenters. The SMILES string of the molecule is CC1CCN(Cc2ccc(C(C)C(=O)NN)cc2)CC1. The van der Waals surface area contributed by atoms with Crippen molar-refractivity contribution in [1.29, 1.82) is 0 Å². The minimum absolute atomic E-state index is 0.150. The molecule has 20 heavy (non-hydrogen) atoms. The Hall–Kier alpha value is -1.39. The first-order chi connectivity index (χ1) is 9.60. The van der Waals surface area contributed by atoms with E-state index in [2.05, 4.69) is 29.4 Å². The van der Waals surface area contributed by atoms with Gasteiger partial charge in [-0.1, -0.05) is 31.2 Å². The number of hydrazine groups is 1. The molecule has 0 saturated carbocycles. The van der Waals surface area contributed by atoms with Gasteiger partial charge in [0.1, 0.15) is 0 Å². The molecule has 1 aromatic rings. The molecule has 0 radical (unpaired) electrons. The minimum Gasteiger partial charge on any atom is -0.299 e. The summed E-state index contributed by atoms with van der Waals surface area (Å²) in [5.41, 5.74) is 4.51. The second-order valence-corrected chi connectivity index (χ2v) is 5.93. The molecule has 3 N–H and O–H groups in total. The Labute approximate surface area is 121 Å². The van der Waals surface area contributed by atoms with Gasteiger partial charge in [0.15, 0.2) is 0 Å². The number of likely N-dealkylation sites (tertiary alicyclic amines) is 1. The number of carbonyl (C=O) groups excluding carboxylic acids is 1. The van der Waals surface area contributed by atoms with Gasteiger partial charge in [0.2, 0.25) is 5.91 Å². The van der Waals surface area contributed by atoms with E-state index in [1.807, 2.05) is 19.1 Å². The summed E-state index contributed by atoms with van der Waals surface area (Å²) in [6.07, 6.45) is 2.59. The number of rotatable bonds is 4. The van der Waals surface area contributed by atoms with Crippen LogP contribution in [0.4, 0.5) is 0 Å². The summed E-state index contributed by atoms with van der Waals surface area (Å²) in [5.74, 6) is 5.68. The number of nitrogens with one attached hydrogen (secondary N) is 1. The standard InChI is InChI=1S/C16H25N3O/c1-12-7-9-19(10-8-12)11-14-3-5-15(6-4-14)13(2)16(20)18-17/h3-6,12-13H,7-11,17H2,1-2H3,(H,18,20). The van der Waals surface area contributed by atoms with Crippen LogP contribution < -0.4 is 11.3 Å². The van der Waals surface area contributed by atoms with Gasteiger partial charge in [-0.05, 0) is 49.9 Å². The number of hydrogen-bond donors (Lipinski definition) is 2. The Kier molecular flexibility index (Phi) is 5.15. The molecule has 4 heteroatoms. The first-order valence-corrected chi connectivity index (χ1v) is 7.41. The van der Waals surface area contributed by atoms with E-state index < -0.39 is 0 Å². The lowest BCUT2D eigenvalue weighted by Gasteiger charge is -2.30. The van der Waals surface area contributed by atoms with Crippen LogP contribution >= 0.6 is 0 Å². The molecule has 0 spiro atoms. The van der Waals surface area contributed by atoms with Crippen molar-refractivity contribution < 1.29 is 4.79 Å². The van der Waals surface area contributed by atoms with Crippen LogP contribution in [0.15, 0.2) is 24.3 Å². The van der Waals surface area contributed by atoms with Crippen molar-refractivity contribution in [2.75, 3.05) is 13.1 Å². The summed E-state index contributed by atoms with van der Waals surface area (Å²) in [7, 11) is 0. The third-order valence-corrected chi connectivity index (χ3v) is 4.30. The number of nitrogens with zero attached hydrogens (tertiary/aromatic N) is 1. The fraction of sp³-hybridized carbons (Fsp3) is 0.562. The second-order valence-electron chi connectivity index (χ2n) is 5.93. The van der Waals surface area contributed by atoms with Gasteiger partial charge in [0, 0.05) is 6.54 Å². The smallest absolute Gasteiger partial charge is 0.241 e. The van der Waals surface area contributed by atoms with E-state index in [1.54, 1.807) is 0 Å². The highest BCUT2D eigenvalue weighted by Crippen LogP contribution is 2.20. The van der Waals surface area contributed by atoms with Crippen molar-refractivity contribution in [3.8, 4) is 0 Å². The quantitative estimate of drug-likeness (QED) is 0.502. The third kappa shape index (κ3) is 3.81. The molecule has 1 heterocycles. The van der Waals surface area contributed by atoms with Crippen molar-refractivity contribution >= 4 is 5.91 Å². The Balaban J connectivity index is 1.93. The van der Waals surface area contributed by atoms with E-state index in [1.165, 1.54) is 31.5 Å². The molecule has 1 fully saturated rings. The van der Waals surface area contributed by atoms with E-state index in [9.17, 15) is 4.79 Å². The fourth-order valence-electron chi connectivity index (χ4n) is 2.67. The van der Waals surface area contributed by atoms with E-state index in [0.29, 0.717) is 0 Å². The minimum atomic E-state index is -0.204. The average molecular weight is 275 g/mol. The molecule has 1 aliphatic heterocycles. The normalized spacial score (nSPS) is 18.8. The molecule has 0 bridgehead atoms. The number of benzene rings is 1. The summed E-state index contributed by atoms with van der Waals surface area (Å²) in [6.45, 7) is 7.58. The molecule has 4 nitrogen and oxygen atoms in total. The first kappa shape index (κ1) is 15.0. The van der Waals surface area contributed by atoms with Gasteiger partial charge in [-0.15, -0.1) is 0 Å². The highest BCUT2D eigenvalue weighted by molar-refractivity contribution is 5.82. The molecule has 110 valence electrons. The van der Waals surface area contributed by atoms with Gasteiger partial charge >= 0.3 is 0 Å². The molecule has 0 aromatic heterocycles. The summed E-state index contributed by atoms with van der Waals surface area (Å²) in [4.78, 5) is 14.0. The van der Waals surface area contributed by atoms with Crippen LogP contribution in [0.5, 0.6) is 0 Å². The zero-order valence-corrected chi connectivity index (χ0v) is 12.4. The summed E-state index contributed by atoms with van der Waals surface area (Å²) in [6, 6.07) is 8.30. The lowest BCUT2D eigenvalue weighted by Crippen LogP contribution is -2.33. The van der Waals surface area contributed by atoms with Crippen LogP contribution in [0.2, 0.25) is 0 Å². The molecule has 1 unspecified atom stereocenters. The topological polar surface area (TPSA) is 58.4 Å². The number of carbonyl (C=O) groups is 1. The van der Waals surface area contributed by atoms with Crippen LogP contribution in [0.3, 0.4) is 0 Å². The largest absolute Gasteiger partial charge is 0.299 e. The van der Waals surface area contributed by atoms with Crippen molar-refractivity contribution in [1.82, 2.24) is 10.3 Å². The lowest BCUT2D eigenvalue weighted by atomic mass is 9.97. The van der Waals surface area contributed by atoms with E-state index in [-0.39, 0.29) is 11.8 Å². The summed E-state index contributed by atoms with van der Waals surface area (Å²) in [5, 5.41) is 0. The molecule has 1 aliphatic rings. The maximum absolute atomic E-state index is 11.5. The third-order valence-electron chi connectivity index (χ3n) is 4.30. The number of amides is 1. The molecule has 0 aliphatic carbocycles. The zero-order chi connectivity index (χ0) is 14.5. The van der Waals surface area contributed by atoms with Crippen LogP contribution in [-0.4, -0.2) is 23.9 Å². The van der Waals surface area contributed by atoms with Gasteiger partial charge in [0.25, 0.3) is 0 Å². The highest BCUT2D eigenvalue weighted by Gasteiger charge is 2.16. The van der Waals surface area contributed by atoms with E-state index >= 15 is 0 Å². The zero-order valence-electron chi connectivity index (χ0n) is 12.4. The molecular formula is C16H25N3O. The molecule has 1 saturated heterocycles. The van der Waals surface area contributed by atoms with Crippen LogP contribution in [0.1, 0.15) is 43.7 Å². The van der Waals surface area contributed by atoms with Crippen molar-refractivity contribution in [3.05, 3.63) is 35.4 Å². The van der Waals surface area contributed by atoms with Gasteiger partial charge < -0.3 is 0 Å². The summed E-state index contributed by atoms with van der Waals surface area (Å²) >= 11 is 0. The lowest BCUT2D eigenvalue weighted by molar-refractivity contribution is -0.122. The number of hydrogen-bond acceptors (Lipinski definition) is 3. The monoisotopic (exact) mass is 275 g/mol. The predicted octanol–water partition coefficient (Wildman–Crippen LogP) is 2.01. The first-order valence-electron chi connectivity index (χ1n) is 7.41. The molecule has 1 amide bonds. The van der Waals surface area contributed by atoms with Crippen LogP contribution in [0.25, 0.3) is 0 Å². The van der Waals surface area contributed by atoms with Crippen LogP contribution in [-0.2, 0) is 11.3 Å². The maximum Gasteiger partial charge on any atom is 0.241 e. The Bertz CT molecular complexity index is 436. The van der Waals surface area contributed by atoms with Gasteiger partial charge in [0.05, 0.1) is 5.92 Å². The van der Waals surface area contributed by atoms with Crippen molar-refractivity contribution in [2.24, 2.45) is 11.8 Å². The molecular weight excluding hydrogens is 250 g/mol. The van der Waals surface area contributed by atoms with Gasteiger partial charge in [-0.2, -0.15) is 0 Å². The number of piperidine rings is 1. The Morgan fingerprint density at radius 3 is 2.50 bits per heavy atom.